The minimum absolute atomic E-state index is 0.490. The van der Waals surface area contributed by atoms with Gasteiger partial charge in [-0.3, -0.25) is 0 Å². The molecule has 2 aliphatic rings. The summed E-state index contributed by atoms with van der Waals surface area (Å²) in [4.78, 5) is 23.3. The van der Waals surface area contributed by atoms with E-state index < -0.39 is 5.41 Å². The zero-order valence-electron chi connectivity index (χ0n) is 31.2. The molecule has 0 atom stereocenters. The Labute approximate surface area is 340 Å². The van der Waals surface area contributed by atoms with E-state index in [1.54, 1.807) is 0 Å². The van der Waals surface area contributed by atoms with Gasteiger partial charge >= 0.3 is 0 Å². The van der Waals surface area contributed by atoms with Crippen LogP contribution in [0.2, 0.25) is 0 Å². The number of benzene rings is 8. The van der Waals surface area contributed by atoms with E-state index in [1.165, 1.54) is 43.2 Å². The molecule has 5 heteroatoms. The summed E-state index contributed by atoms with van der Waals surface area (Å²) in [7, 11) is 0. The number of aromatic nitrogens is 4. The molecule has 3 heterocycles. The van der Waals surface area contributed by atoms with Crippen LogP contribution in [0.3, 0.4) is 0 Å². The fourth-order valence-electron chi connectivity index (χ4n) is 9.32. The topological polar surface area (TPSA) is 51.6 Å². The number of pyridine rings is 1. The molecule has 58 heavy (non-hydrogen) atoms. The lowest BCUT2D eigenvalue weighted by atomic mass is 9.67. The quantitative estimate of drug-likeness (QED) is 0.167. The zero-order chi connectivity index (χ0) is 38.2. The van der Waals surface area contributed by atoms with E-state index >= 15 is 0 Å². The second kappa shape index (κ2) is 12.9. The molecule has 8 aromatic carbocycles. The molecular formula is C53H32N4S. The smallest absolute Gasteiger partial charge is 0.164 e. The van der Waals surface area contributed by atoms with Gasteiger partial charge in [-0.15, -0.1) is 0 Å². The van der Waals surface area contributed by atoms with Gasteiger partial charge in [0.05, 0.1) is 16.6 Å². The first-order valence-electron chi connectivity index (χ1n) is 19.6. The van der Waals surface area contributed by atoms with Crippen molar-refractivity contribution in [2.45, 2.75) is 15.2 Å². The summed E-state index contributed by atoms with van der Waals surface area (Å²) in [6.45, 7) is 0. The van der Waals surface area contributed by atoms with Gasteiger partial charge in [-0.1, -0.05) is 176 Å². The maximum Gasteiger partial charge on any atom is 0.164 e. The van der Waals surface area contributed by atoms with Crippen molar-refractivity contribution < 1.29 is 0 Å². The Balaban J connectivity index is 1.17. The highest BCUT2D eigenvalue weighted by molar-refractivity contribution is 7.99. The van der Waals surface area contributed by atoms with Crippen LogP contribution in [0.4, 0.5) is 0 Å². The lowest BCUT2D eigenvalue weighted by molar-refractivity contribution is 0.723. The number of fused-ring (bicyclic) bond motifs is 13. The number of hydrogen-bond donors (Lipinski definition) is 0. The average molecular weight is 757 g/mol. The molecule has 2 aromatic heterocycles. The van der Waals surface area contributed by atoms with Gasteiger partial charge < -0.3 is 0 Å². The summed E-state index contributed by atoms with van der Waals surface area (Å²) in [6, 6.07) is 69.1. The standard InChI is InChI=1S/C53H32N4S/c1-4-16-33(17-5-1)49-48-37(29-30-43-47(48)38-22-10-11-23-40(38)53(43)41-24-12-14-26-45(41)58-46-27-15-13-25-42(46)53)39-32-36(28-31-44(39)54-49)52-56-50(34-18-6-2-7-19-34)55-51(57-52)35-20-8-3-9-21-35/h1-32H. The Morgan fingerprint density at radius 2 is 0.879 bits per heavy atom. The molecule has 10 aromatic rings. The minimum atomic E-state index is -0.490. The molecule has 0 amide bonds. The Morgan fingerprint density at radius 1 is 0.362 bits per heavy atom. The molecule has 0 fully saturated rings. The van der Waals surface area contributed by atoms with Gasteiger partial charge in [-0.25, -0.2) is 19.9 Å². The van der Waals surface area contributed by atoms with Crippen molar-refractivity contribution in [1.82, 2.24) is 19.9 Å². The van der Waals surface area contributed by atoms with Crippen LogP contribution in [0.15, 0.2) is 204 Å². The van der Waals surface area contributed by atoms with Gasteiger partial charge in [0, 0.05) is 42.8 Å². The van der Waals surface area contributed by atoms with Gasteiger partial charge in [0.25, 0.3) is 0 Å². The molecule has 0 bridgehead atoms. The van der Waals surface area contributed by atoms with E-state index in [1.807, 2.05) is 72.4 Å². The van der Waals surface area contributed by atoms with E-state index in [0.717, 1.165) is 49.6 Å². The SMILES string of the molecule is c1ccc(-c2nc(-c3ccccc3)nc(-c3ccc4nc(-c5ccccc5)c5c6c(ccc5c4c3)C3(c4ccccc4Sc4ccccc43)c3ccccc3-6)n2)cc1. The third kappa shape index (κ3) is 4.84. The first-order valence-corrected chi connectivity index (χ1v) is 20.4. The van der Waals surface area contributed by atoms with Crippen LogP contribution in [0.1, 0.15) is 22.3 Å². The molecule has 1 spiro atoms. The number of hydrogen-bond acceptors (Lipinski definition) is 5. The summed E-state index contributed by atoms with van der Waals surface area (Å²) < 4.78 is 0. The maximum atomic E-state index is 5.55. The van der Waals surface area contributed by atoms with E-state index in [-0.39, 0.29) is 0 Å². The van der Waals surface area contributed by atoms with Crippen molar-refractivity contribution in [1.29, 1.82) is 0 Å². The maximum absolute atomic E-state index is 5.55. The average Bonchev–Trinajstić information content (AvgIpc) is 3.60. The van der Waals surface area contributed by atoms with Crippen LogP contribution in [0.5, 0.6) is 0 Å². The molecule has 1 aliphatic carbocycles. The van der Waals surface area contributed by atoms with Crippen LogP contribution >= 0.6 is 11.8 Å². The van der Waals surface area contributed by atoms with E-state index in [4.69, 9.17) is 19.9 Å². The van der Waals surface area contributed by atoms with Gasteiger partial charge in [0.15, 0.2) is 17.5 Å². The Kier molecular flexibility index (Phi) is 7.34. The van der Waals surface area contributed by atoms with Crippen molar-refractivity contribution in [2.24, 2.45) is 0 Å². The molecule has 0 saturated heterocycles. The summed E-state index contributed by atoms with van der Waals surface area (Å²) in [5, 5.41) is 3.34. The van der Waals surface area contributed by atoms with Crippen molar-refractivity contribution in [3.63, 3.8) is 0 Å². The largest absolute Gasteiger partial charge is 0.247 e. The summed E-state index contributed by atoms with van der Waals surface area (Å²) in [6.07, 6.45) is 0. The van der Waals surface area contributed by atoms with E-state index in [2.05, 4.69) is 133 Å². The first-order chi connectivity index (χ1) is 28.8. The molecule has 0 unspecified atom stereocenters. The second-order valence-corrected chi connectivity index (χ2v) is 16.0. The third-order valence-corrected chi connectivity index (χ3v) is 12.9. The third-order valence-electron chi connectivity index (χ3n) is 11.8. The summed E-state index contributed by atoms with van der Waals surface area (Å²) in [5.74, 6) is 1.89. The fraction of sp³-hybridized carbons (Fsp3) is 0.0189. The van der Waals surface area contributed by atoms with Crippen LogP contribution in [-0.4, -0.2) is 19.9 Å². The van der Waals surface area contributed by atoms with Gasteiger partial charge in [0.2, 0.25) is 0 Å². The van der Waals surface area contributed by atoms with Crippen LogP contribution in [0.25, 0.3) is 78.2 Å². The molecule has 4 nitrogen and oxygen atoms in total. The lowest BCUT2D eigenvalue weighted by Gasteiger charge is -2.39. The van der Waals surface area contributed by atoms with Crippen molar-refractivity contribution in [2.75, 3.05) is 0 Å². The number of nitrogens with zero attached hydrogens (tertiary/aromatic N) is 4. The number of rotatable bonds is 4. The van der Waals surface area contributed by atoms with Crippen LogP contribution in [-0.2, 0) is 5.41 Å². The molecule has 0 radical (unpaired) electrons. The molecular weight excluding hydrogens is 725 g/mol. The molecule has 0 N–H and O–H groups in total. The van der Waals surface area contributed by atoms with Crippen molar-refractivity contribution in [3.05, 3.63) is 216 Å². The summed E-state index contributed by atoms with van der Waals surface area (Å²) >= 11 is 1.87. The van der Waals surface area contributed by atoms with Gasteiger partial charge in [0.1, 0.15) is 0 Å². The first kappa shape index (κ1) is 33.0. The van der Waals surface area contributed by atoms with E-state index in [0.29, 0.717) is 17.5 Å². The lowest BCUT2D eigenvalue weighted by Crippen LogP contribution is -2.31. The van der Waals surface area contributed by atoms with Crippen molar-refractivity contribution in [3.8, 4) is 56.5 Å². The predicted octanol–water partition coefficient (Wildman–Crippen LogP) is 13.1. The monoisotopic (exact) mass is 756 g/mol. The predicted molar refractivity (Wildman–Crippen MR) is 236 cm³/mol. The van der Waals surface area contributed by atoms with Gasteiger partial charge in [-0.2, -0.15) is 0 Å². The Bertz CT molecular complexity index is 3150. The Hall–Kier alpha value is -7.21. The van der Waals surface area contributed by atoms with Crippen molar-refractivity contribution >= 4 is 33.4 Å². The zero-order valence-corrected chi connectivity index (χ0v) is 32.0. The Morgan fingerprint density at radius 3 is 1.50 bits per heavy atom. The van der Waals surface area contributed by atoms with Gasteiger partial charge in [-0.05, 0) is 69.1 Å². The normalized spacial score (nSPS) is 13.2. The van der Waals surface area contributed by atoms with E-state index in [9.17, 15) is 0 Å². The highest BCUT2D eigenvalue weighted by Crippen LogP contribution is 2.63. The molecule has 1 aliphatic heterocycles. The highest BCUT2D eigenvalue weighted by Gasteiger charge is 2.50. The highest BCUT2D eigenvalue weighted by atomic mass is 32.2. The molecule has 270 valence electrons. The molecule has 0 saturated carbocycles. The molecule has 12 rings (SSSR count). The van der Waals surface area contributed by atoms with Crippen LogP contribution in [0, 0.1) is 0 Å². The minimum Gasteiger partial charge on any atom is -0.247 e. The second-order valence-electron chi connectivity index (χ2n) is 14.9. The summed E-state index contributed by atoms with van der Waals surface area (Å²) in [5.41, 5.74) is 13.0. The van der Waals surface area contributed by atoms with Crippen LogP contribution < -0.4 is 0 Å². The fourth-order valence-corrected chi connectivity index (χ4v) is 10.5.